The Balaban J connectivity index is 2.24. The van der Waals surface area contributed by atoms with Crippen LogP contribution in [-0.4, -0.2) is 46.6 Å². The Morgan fingerprint density at radius 2 is 1.82 bits per heavy atom. The number of rotatable bonds is 5. The Morgan fingerprint density at radius 3 is 2.41 bits per heavy atom. The highest BCUT2D eigenvalue weighted by Gasteiger charge is 2.15. The monoisotopic (exact) mass is 259 g/mol. The summed E-state index contributed by atoms with van der Waals surface area (Å²) in [5.41, 5.74) is 0. The van der Waals surface area contributed by atoms with E-state index < -0.39 is 0 Å². The molecule has 0 saturated carbocycles. The van der Waals surface area contributed by atoms with E-state index in [1.54, 1.807) is 11.8 Å². The van der Waals surface area contributed by atoms with Crippen LogP contribution in [0.1, 0.15) is 45.4 Å². The quantitative estimate of drug-likeness (QED) is 0.823. The summed E-state index contributed by atoms with van der Waals surface area (Å²) in [6.07, 6.45) is 6.93. The highest BCUT2D eigenvalue weighted by atomic mass is 32.2. The first-order valence-electron chi connectivity index (χ1n) is 6.74. The fourth-order valence-corrected chi connectivity index (χ4v) is 2.95. The van der Waals surface area contributed by atoms with Crippen LogP contribution in [-0.2, 0) is 4.79 Å². The maximum atomic E-state index is 12.0. The minimum Gasteiger partial charge on any atom is -0.396 e. The molecular formula is C13H25NO2S. The second kappa shape index (κ2) is 8.81. The molecule has 1 aliphatic heterocycles. The average molecular weight is 259 g/mol. The van der Waals surface area contributed by atoms with Crippen molar-refractivity contribution in [2.24, 2.45) is 0 Å². The summed E-state index contributed by atoms with van der Waals surface area (Å²) in [4.78, 5) is 14.0. The lowest BCUT2D eigenvalue weighted by Gasteiger charge is -2.25. The molecule has 0 aromatic rings. The van der Waals surface area contributed by atoms with Gasteiger partial charge in [0.05, 0.1) is 5.75 Å². The van der Waals surface area contributed by atoms with Gasteiger partial charge in [0.2, 0.25) is 5.91 Å². The Bertz CT molecular complexity index is 215. The third kappa shape index (κ3) is 6.32. The van der Waals surface area contributed by atoms with Gasteiger partial charge < -0.3 is 10.0 Å². The summed E-state index contributed by atoms with van der Waals surface area (Å²) < 4.78 is 0. The molecule has 1 heterocycles. The molecule has 0 radical (unpaired) electrons. The van der Waals surface area contributed by atoms with E-state index in [9.17, 15) is 4.79 Å². The molecule has 0 aliphatic carbocycles. The van der Waals surface area contributed by atoms with E-state index >= 15 is 0 Å². The molecule has 1 unspecified atom stereocenters. The molecule has 1 saturated heterocycles. The minimum absolute atomic E-state index is 0.214. The fourth-order valence-electron chi connectivity index (χ4n) is 2.07. The van der Waals surface area contributed by atoms with Crippen LogP contribution in [0.3, 0.4) is 0 Å². The molecule has 1 amide bonds. The molecule has 100 valence electrons. The summed E-state index contributed by atoms with van der Waals surface area (Å²) in [5, 5.41) is 9.18. The highest BCUT2D eigenvalue weighted by Crippen LogP contribution is 2.16. The number of thioether (sulfide) groups is 1. The Morgan fingerprint density at radius 1 is 1.24 bits per heavy atom. The lowest BCUT2D eigenvalue weighted by Crippen LogP contribution is -2.35. The van der Waals surface area contributed by atoms with Crippen molar-refractivity contribution >= 4 is 17.7 Å². The van der Waals surface area contributed by atoms with Crippen LogP contribution in [0, 0.1) is 0 Å². The van der Waals surface area contributed by atoms with Gasteiger partial charge >= 0.3 is 0 Å². The van der Waals surface area contributed by atoms with Crippen LogP contribution in [0.4, 0.5) is 0 Å². The fraction of sp³-hybridized carbons (Fsp3) is 0.923. The molecule has 1 fully saturated rings. The molecule has 17 heavy (non-hydrogen) atoms. The van der Waals surface area contributed by atoms with Crippen molar-refractivity contribution in [1.82, 2.24) is 4.90 Å². The predicted octanol–water partition coefficient (Wildman–Crippen LogP) is 2.28. The van der Waals surface area contributed by atoms with Gasteiger partial charge in [-0.25, -0.2) is 0 Å². The molecule has 1 atom stereocenters. The summed E-state index contributed by atoms with van der Waals surface area (Å²) >= 11 is 1.66. The van der Waals surface area contributed by atoms with Gasteiger partial charge in [-0.05, 0) is 19.3 Å². The zero-order valence-electron chi connectivity index (χ0n) is 10.9. The highest BCUT2D eigenvalue weighted by molar-refractivity contribution is 8.00. The SMILES string of the molecule is CC(CCO)SCC(=O)N1CCCCCCC1. The lowest BCUT2D eigenvalue weighted by atomic mass is 10.1. The van der Waals surface area contributed by atoms with Gasteiger partial charge in [0, 0.05) is 24.9 Å². The first kappa shape index (κ1) is 14.8. The van der Waals surface area contributed by atoms with Gasteiger partial charge in [0.25, 0.3) is 0 Å². The number of hydrogen-bond donors (Lipinski definition) is 1. The lowest BCUT2D eigenvalue weighted by molar-refractivity contribution is -0.128. The molecule has 0 spiro atoms. The smallest absolute Gasteiger partial charge is 0.232 e. The van der Waals surface area contributed by atoms with E-state index in [2.05, 4.69) is 6.92 Å². The van der Waals surface area contributed by atoms with E-state index in [0.29, 0.717) is 11.0 Å². The van der Waals surface area contributed by atoms with Gasteiger partial charge in [-0.3, -0.25) is 4.79 Å². The zero-order valence-corrected chi connectivity index (χ0v) is 11.7. The van der Waals surface area contributed by atoms with Crippen LogP contribution in [0.15, 0.2) is 0 Å². The van der Waals surface area contributed by atoms with E-state index in [-0.39, 0.29) is 12.5 Å². The van der Waals surface area contributed by atoms with E-state index in [4.69, 9.17) is 5.11 Å². The van der Waals surface area contributed by atoms with E-state index in [0.717, 1.165) is 32.4 Å². The van der Waals surface area contributed by atoms with Gasteiger partial charge in [0.15, 0.2) is 0 Å². The summed E-state index contributed by atoms with van der Waals surface area (Å²) in [7, 11) is 0. The Hall–Kier alpha value is -0.220. The van der Waals surface area contributed by atoms with Crippen molar-refractivity contribution in [3.05, 3.63) is 0 Å². The first-order valence-corrected chi connectivity index (χ1v) is 7.79. The Kier molecular flexibility index (Phi) is 7.69. The molecule has 1 aliphatic rings. The van der Waals surface area contributed by atoms with Crippen molar-refractivity contribution < 1.29 is 9.90 Å². The van der Waals surface area contributed by atoms with Crippen molar-refractivity contribution in [1.29, 1.82) is 0 Å². The van der Waals surface area contributed by atoms with Crippen LogP contribution < -0.4 is 0 Å². The molecule has 0 aromatic heterocycles. The summed E-state index contributed by atoms with van der Waals surface area (Å²) in [5.74, 6) is 0.850. The number of likely N-dealkylation sites (tertiary alicyclic amines) is 1. The van der Waals surface area contributed by atoms with Crippen LogP contribution in [0.5, 0.6) is 0 Å². The minimum atomic E-state index is 0.214. The number of amides is 1. The van der Waals surface area contributed by atoms with Crippen molar-refractivity contribution in [3.63, 3.8) is 0 Å². The Labute approximate surface area is 109 Å². The molecule has 4 heteroatoms. The molecule has 1 rings (SSSR count). The number of hydrogen-bond acceptors (Lipinski definition) is 3. The third-order valence-corrected chi connectivity index (χ3v) is 4.45. The number of aliphatic hydroxyl groups excluding tert-OH is 1. The number of nitrogens with zero attached hydrogens (tertiary/aromatic N) is 1. The standard InChI is InChI=1S/C13H25NO2S/c1-12(7-10-15)17-11-13(16)14-8-5-3-2-4-6-9-14/h12,15H,2-11H2,1H3. The largest absolute Gasteiger partial charge is 0.396 e. The van der Waals surface area contributed by atoms with Crippen LogP contribution in [0.25, 0.3) is 0 Å². The summed E-state index contributed by atoms with van der Waals surface area (Å²) in [6, 6.07) is 0. The second-order valence-corrected chi connectivity index (χ2v) is 6.21. The van der Waals surface area contributed by atoms with Crippen LogP contribution >= 0.6 is 11.8 Å². The predicted molar refractivity (Wildman–Crippen MR) is 73.3 cm³/mol. The normalized spacial score (nSPS) is 19.5. The number of carbonyl (C=O) groups excluding carboxylic acids is 1. The molecule has 0 bridgehead atoms. The number of carbonyl (C=O) groups is 1. The maximum Gasteiger partial charge on any atom is 0.232 e. The zero-order chi connectivity index (χ0) is 12.5. The van der Waals surface area contributed by atoms with Gasteiger partial charge in [-0.1, -0.05) is 26.2 Å². The summed E-state index contributed by atoms with van der Waals surface area (Å²) in [6.45, 7) is 4.16. The van der Waals surface area contributed by atoms with Crippen molar-refractivity contribution in [2.75, 3.05) is 25.4 Å². The maximum absolute atomic E-state index is 12.0. The number of aliphatic hydroxyl groups is 1. The third-order valence-electron chi connectivity index (χ3n) is 3.24. The van der Waals surface area contributed by atoms with Crippen molar-refractivity contribution in [3.8, 4) is 0 Å². The van der Waals surface area contributed by atoms with Gasteiger partial charge in [-0.15, -0.1) is 11.8 Å². The molecule has 1 N–H and O–H groups in total. The second-order valence-electron chi connectivity index (χ2n) is 4.78. The first-order chi connectivity index (χ1) is 8.24. The average Bonchev–Trinajstić information content (AvgIpc) is 2.26. The van der Waals surface area contributed by atoms with Gasteiger partial charge in [-0.2, -0.15) is 0 Å². The topological polar surface area (TPSA) is 40.5 Å². The van der Waals surface area contributed by atoms with E-state index in [1.807, 2.05) is 4.90 Å². The molecule has 0 aromatic carbocycles. The van der Waals surface area contributed by atoms with E-state index in [1.165, 1.54) is 19.3 Å². The molecular weight excluding hydrogens is 234 g/mol. The molecule has 3 nitrogen and oxygen atoms in total. The van der Waals surface area contributed by atoms with Gasteiger partial charge in [0.1, 0.15) is 0 Å². The van der Waals surface area contributed by atoms with Crippen LogP contribution in [0.2, 0.25) is 0 Å². The van der Waals surface area contributed by atoms with Crippen molar-refractivity contribution in [2.45, 2.75) is 50.7 Å².